The highest BCUT2D eigenvalue weighted by molar-refractivity contribution is 5.68. The lowest BCUT2D eigenvalue weighted by Gasteiger charge is -2.05. The van der Waals surface area contributed by atoms with Crippen LogP contribution in [0.4, 0.5) is 0 Å². The Kier molecular flexibility index (Phi) is 2.45. The summed E-state index contributed by atoms with van der Waals surface area (Å²) in [5.41, 5.74) is 1.76. The van der Waals surface area contributed by atoms with Crippen LogP contribution in [-0.4, -0.2) is 28.3 Å². The second-order valence-corrected chi connectivity index (χ2v) is 3.21. The van der Waals surface area contributed by atoms with Gasteiger partial charge in [0, 0.05) is 12.4 Å². The van der Waals surface area contributed by atoms with Crippen LogP contribution in [0.3, 0.4) is 0 Å². The van der Waals surface area contributed by atoms with E-state index in [1.165, 1.54) is 0 Å². The molecule has 0 aliphatic heterocycles. The Hall–Kier alpha value is -1.42. The van der Waals surface area contributed by atoms with Gasteiger partial charge in [0.2, 0.25) is 5.88 Å². The maximum atomic E-state index is 9.36. The van der Waals surface area contributed by atoms with Gasteiger partial charge in [0.15, 0.2) is 0 Å². The normalized spacial score (nSPS) is 20.7. The molecule has 1 atom stereocenters. The zero-order valence-electron chi connectivity index (χ0n) is 7.97. The molecule has 1 aromatic heterocycles. The van der Waals surface area contributed by atoms with E-state index >= 15 is 0 Å². The SMILES string of the molecule is COc1nccnc1C1=CC(O)CC1. The largest absolute Gasteiger partial charge is 0.479 e. The molecule has 1 heterocycles. The van der Waals surface area contributed by atoms with Crippen molar-refractivity contribution in [2.45, 2.75) is 18.9 Å². The van der Waals surface area contributed by atoms with Crippen molar-refractivity contribution in [3.8, 4) is 5.88 Å². The Morgan fingerprint density at radius 1 is 1.43 bits per heavy atom. The third-order valence-electron chi connectivity index (χ3n) is 2.27. The monoisotopic (exact) mass is 192 g/mol. The molecule has 4 heteroatoms. The first-order valence-corrected chi connectivity index (χ1v) is 4.55. The van der Waals surface area contributed by atoms with E-state index in [0.29, 0.717) is 5.88 Å². The van der Waals surface area contributed by atoms with Gasteiger partial charge in [-0.1, -0.05) is 6.08 Å². The number of nitrogens with zero attached hydrogens (tertiary/aromatic N) is 2. The highest BCUT2D eigenvalue weighted by Gasteiger charge is 2.18. The fourth-order valence-electron chi connectivity index (χ4n) is 1.59. The van der Waals surface area contributed by atoms with Gasteiger partial charge in [-0.3, -0.25) is 0 Å². The van der Waals surface area contributed by atoms with E-state index in [0.717, 1.165) is 24.1 Å². The predicted molar refractivity (Wildman–Crippen MR) is 51.8 cm³/mol. The molecule has 14 heavy (non-hydrogen) atoms. The summed E-state index contributed by atoms with van der Waals surface area (Å²) >= 11 is 0. The summed E-state index contributed by atoms with van der Waals surface area (Å²) in [7, 11) is 1.57. The van der Waals surface area contributed by atoms with Crippen LogP contribution in [0.1, 0.15) is 18.5 Å². The summed E-state index contributed by atoms with van der Waals surface area (Å²) in [5, 5.41) is 9.36. The second kappa shape index (κ2) is 3.75. The standard InChI is InChI=1S/C10H12N2O2/c1-14-10-9(11-4-5-12-10)7-2-3-8(13)6-7/h4-6,8,13H,2-3H2,1H3. The average Bonchev–Trinajstić information content (AvgIpc) is 2.65. The minimum absolute atomic E-state index is 0.350. The molecule has 4 nitrogen and oxygen atoms in total. The summed E-state index contributed by atoms with van der Waals surface area (Å²) in [6.07, 6.45) is 6.27. The van der Waals surface area contributed by atoms with Crippen LogP contribution in [0.5, 0.6) is 5.88 Å². The molecular formula is C10H12N2O2. The zero-order chi connectivity index (χ0) is 9.97. The molecule has 0 radical (unpaired) electrons. The van der Waals surface area contributed by atoms with Gasteiger partial charge in [0.25, 0.3) is 0 Å². The van der Waals surface area contributed by atoms with Crippen LogP contribution in [-0.2, 0) is 0 Å². The van der Waals surface area contributed by atoms with E-state index in [-0.39, 0.29) is 6.10 Å². The van der Waals surface area contributed by atoms with E-state index in [1.807, 2.05) is 6.08 Å². The first-order chi connectivity index (χ1) is 6.81. The molecule has 0 spiro atoms. The Bertz CT molecular complexity index is 363. The number of aliphatic hydroxyl groups is 1. The van der Waals surface area contributed by atoms with Crippen LogP contribution in [0, 0.1) is 0 Å². The maximum absolute atomic E-state index is 9.36. The smallest absolute Gasteiger partial charge is 0.239 e. The van der Waals surface area contributed by atoms with Crippen molar-refractivity contribution in [2.24, 2.45) is 0 Å². The fraction of sp³-hybridized carbons (Fsp3) is 0.400. The highest BCUT2D eigenvalue weighted by Crippen LogP contribution is 2.30. The van der Waals surface area contributed by atoms with Crippen molar-refractivity contribution in [1.82, 2.24) is 9.97 Å². The third kappa shape index (κ3) is 1.61. The number of hydrogen-bond acceptors (Lipinski definition) is 4. The second-order valence-electron chi connectivity index (χ2n) is 3.21. The molecule has 1 aliphatic carbocycles. The number of methoxy groups -OCH3 is 1. The third-order valence-corrected chi connectivity index (χ3v) is 2.27. The Balaban J connectivity index is 2.36. The van der Waals surface area contributed by atoms with Crippen molar-refractivity contribution in [3.63, 3.8) is 0 Å². The molecule has 74 valence electrons. The van der Waals surface area contributed by atoms with Gasteiger partial charge in [0.1, 0.15) is 5.69 Å². The molecule has 2 rings (SSSR count). The number of aromatic nitrogens is 2. The number of rotatable bonds is 2. The van der Waals surface area contributed by atoms with Crippen LogP contribution >= 0.6 is 0 Å². The summed E-state index contributed by atoms with van der Waals surface area (Å²) < 4.78 is 5.10. The lowest BCUT2D eigenvalue weighted by molar-refractivity contribution is 0.223. The van der Waals surface area contributed by atoms with E-state index in [2.05, 4.69) is 9.97 Å². The first kappa shape index (κ1) is 9.15. The summed E-state index contributed by atoms with van der Waals surface area (Å²) in [4.78, 5) is 8.26. The Morgan fingerprint density at radius 2 is 2.21 bits per heavy atom. The number of aliphatic hydroxyl groups excluding tert-OH is 1. The van der Waals surface area contributed by atoms with Gasteiger partial charge >= 0.3 is 0 Å². The molecule has 0 fully saturated rings. The maximum Gasteiger partial charge on any atom is 0.239 e. The quantitative estimate of drug-likeness (QED) is 0.760. The predicted octanol–water partition coefficient (Wildman–Crippen LogP) is 1.02. The van der Waals surface area contributed by atoms with Crippen molar-refractivity contribution < 1.29 is 9.84 Å². The highest BCUT2D eigenvalue weighted by atomic mass is 16.5. The molecule has 1 aliphatic rings. The van der Waals surface area contributed by atoms with Crippen LogP contribution in [0.15, 0.2) is 18.5 Å². The van der Waals surface area contributed by atoms with Gasteiger partial charge in [-0.2, -0.15) is 0 Å². The van der Waals surface area contributed by atoms with Crippen LogP contribution in [0.25, 0.3) is 5.57 Å². The van der Waals surface area contributed by atoms with Gasteiger partial charge in [-0.05, 0) is 18.4 Å². The van der Waals surface area contributed by atoms with E-state index in [1.54, 1.807) is 19.5 Å². The first-order valence-electron chi connectivity index (χ1n) is 4.55. The lowest BCUT2D eigenvalue weighted by Crippen LogP contribution is -1.96. The molecule has 1 N–H and O–H groups in total. The van der Waals surface area contributed by atoms with Crippen molar-refractivity contribution in [3.05, 3.63) is 24.2 Å². The topological polar surface area (TPSA) is 55.2 Å². The van der Waals surface area contributed by atoms with Gasteiger partial charge in [-0.15, -0.1) is 0 Å². The Labute approximate surface area is 82.3 Å². The van der Waals surface area contributed by atoms with E-state index < -0.39 is 0 Å². The molecule has 1 unspecified atom stereocenters. The number of hydrogen-bond donors (Lipinski definition) is 1. The fourth-order valence-corrected chi connectivity index (χ4v) is 1.59. The Morgan fingerprint density at radius 3 is 2.86 bits per heavy atom. The molecule has 0 amide bonds. The summed E-state index contributed by atoms with van der Waals surface area (Å²) in [5.74, 6) is 0.521. The number of allylic oxidation sites excluding steroid dienone is 1. The molecule has 0 saturated carbocycles. The molecule has 0 saturated heterocycles. The minimum atomic E-state index is -0.350. The lowest BCUT2D eigenvalue weighted by atomic mass is 10.2. The number of ether oxygens (including phenoxy) is 1. The van der Waals surface area contributed by atoms with Gasteiger partial charge in [0.05, 0.1) is 13.2 Å². The summed E-state index contributed by atoms with van der Waals surface area (Å²) in [6.45, 7) is 0. The van der Waals surface area contributed by atoms with Crippen LogP contribution in [0.2, 0.25) is 0 Å². The average molecular weight is 192 g/mol. The van der Waals surface area contributed by atoms with Crippen molar-refractivity contribution in [2.75, 3.05) is 7.11 Å². The molecular weight excluding hydrogens is 180 g/mol. The van der Waals surface area contributed by atoms with E-state index in [4.69, 9.17) is 4.74 Å². The van der Waals surface area contributed by atoms with Crippen molar-refractivity contribution in [1.29, 1.82) is 0 Å². The van der Waals surface area contributed by atoms with Gasteiger partial charge in [-0.25, -0.2) is 9.97 Å². The van der Waals surface area contributed by atoms with Gasteiger partial charge < -0.3 is 9.84 Å². The molecule has 0 aromatic carbocycles. The minimum Gasteiger partial charge on any atom is -0.479 e. The van der Waals surface area contributed by atoms with Crippen LogP contribution < -0.4 is 4.74 Å². The van der Waals surface area contributed by atoms with Crippen molar-refractivity contribution >= 4 is 5.57 Å². The molecule has 0 bridgehead atoms. The summed E-state index contributed by atoms with van der Waals surface area (Å²) in [6, 6.07) is 0. The zero-order valence-corrected chi connectivity index (χ0v) is 7.97. The molecule has 1 aromatic rings. The van der Waals surface area contributed by atoms with E-state index in [9.17, 15) is 5.11 Å².